The van der Waals surface area contributed by atoms with Gasteiger partial charge in [-0.05, 0) is 43.7 Å². The van der Waals surface area contributed by atoms with Crippen LogP contribution in [-0.2, 0) is 11.8 Å². The van der Waals surface area contributed by atoms with Gasteiger partial charge in [-0.3, -0.25) is 0 Å². The highest BCUT2D eigenvalue weighted by molar-refractivity contribution is 5.82. The molecule has 1 heterocycles. The maximum atomic E-state index is 13.0. The van der Waals surface area contributed by atoms with Gasteiger partial charge in [-0.25, -0.2) is 0 Å². The van der Waals surface area contributed by atoms with Gasteiger partial charge in [0.2, 0.25) is 0 Å². The van der Waals surface area contributed by atoms with Crippen LogP contribution in [0.5, 0.6) is 11.5 Å². The molecule has 0 spiro atoms. The first-order valence-corrected chi connectivity index (χ1v) is 6.82. The second kappa shape index (κ2) is 4.66. The van der Waals surface area contributed by atoms with Crippen molar-refractivity contribution in [1.82, 2.24) is 0 Å². The van der Waals surface area contributed by atoms with Crippen LogP contribution >= 0.6 is 0 Å². The van der Waals surface area contributed by atoms with E-state index < -0.39 is 17.3 Å². The SMILES string of the molecule is CC1(C)Oc2cc(C#N)cc(O)c2-c2ccc(C(F)(F)F)cc21. The number of ether oxygens (including phenoxy) is 1. The summed E-state index contributed by atoms with van der Waals surface area (Å²) < 4.78 is 44.6. The molecular formula is C17H12F3NO2. The zero-order valence-electron chi connectivity index (χ0n) is 12.3. The average Bonchev–Trinajstić information content (AvgIpc) is 2.44. The third kappa shape index (κ3) is 2.38. The predicted molar refractivity (Wildman–Crippen MR) is 76.9 cm³/mol. The predicted octanol–water partition coefficient (Wildman–Crippen LogP) is 4.58. The molecule has 0 atom stereocenters. The van der Waals surface area contributed by atoms with Crippen molar-refractivity contribution in [2.24, 2.45) is 0 Å². The average molecular weight is 319 g/mol. The van der Waals surface area contributed by atoms with Crippen molar-refractivity contribution in [2.45, 2.75) is 25.6 Å². The lowest BCUT2D eigenvalue weighted by atomic mass is 9.84. The van der Waals surface area contributed by atoms with Crippen LogP contribution in [0.3, 0.4) is 0 Å². The van der Waals surface area contributed by atoms with E-state index in [4.69, 9.17) is 10.00 Å². The number of aromatic hydroxyl groups is 1. The monoisotopic (exact) mass is 319 g/mol. The minimum Gasteiger partial charge on any atom is -0.507 e. The van der Waals surface area contributed by atoms with Crippen LogP contribution in [-0.4, -0.2) is 5.11 Å². The molecule has 0 radical (unpaired) electrons. The Morgan fingerprint density at radius 2 is 1.87 bits per heavy atom. The Labute approximate surface area is 130 Å². The molecule has 2 aromatic rings. The van der Waals surface area contributed by atoms with E-state index in [9.17, 15) is 18.3 Å². The molecule has 0 aliphatic carbocycles. The number of phenols is 1. The fourth-order valence-electron chi connectivity index (χ4n) is 2.78. The highest BCUT2D eigenvalue weighted by Gasteiger charge is 2.38. The van der Waals surface area contributed by atoms with Gasteiger partial charge in [0, 0.05) is 5.56 Å². The number of hydrogen-bond donors (Lipinski definition) is 1. The molecule has 23 heavy (non-hydrogen) atoms. The Morgan fingerprint density at radius 3 is 2.48 bits per heavy atom. The second-order valence-electron chi connectivity index (χ2n) is 5.85. The minimum absolute atomic E-state index is 0.199. The van der Waals surface area contributed by atoms with Gasteiger partial charge < -0.3 is 9.84 Å². The molecule has 0 fully saturated rings. The number of benzene rings is 2. The molecule has 0 unspecified atom stereocenters. The normalized spacial score (nSPS) is 15.1. The van der Waals surface area contributed by atoms with E-state index in [0.717, 1.165) is 12.1 Å². The molecule has 3 nitrogen and oxygen atoms in total. The molecule has 2 aromatic carbocycles. The summed E-state index contributed by atoms with van der Waals surface area (Å²) >= 11 is 0. The molecule has 1 N–H and O–H groups in total. The largest absolute Gasteiger partial charge is 0.507 e. The second-order valence-corrected chi connectivity index (χ2v) is 5.85. The van der Waals surface area contributed by atoms with Crippen LogP contribution in [0.2, 0.25) is 0 Å². The Balaban J connectivity index is 2.30. The molecule has 3 rings (SSSR count). The molecule has 6 heteroatoms. The van der Waals surface area contributed by atoms with Gasteiger partial charge in [-0.15, -0.1) is 0 Å². The summed E-state index contributed by atoms with van der Waals surface area (Å²) in [7, 11) is 0. The minimum atomic E-state index is -4.46. The first-order valence-electron chi connectivity index (χ1n) is 6.82. The Hall–Kier alpha value is -2.68. The topological polar surface area (TPSA) is 53.2 Å². The maximum absolute atomic E-state index is 13.0. The zero-order valence-corrected chi connectivity index (χ0v) is 12.3. The van der Waals surface area contributed by atoms with Crippen molar-refractivity contribution in [3.05, 3.63) is 47.0 Å². The van der Waals surface area contributed by atoms with Crippen molar-refractivity contribution in [3.63, 3.8) is 0 Å². The highest BCUT2D eigenvalue weighted by atomic mass is 19.4. The summed E-state index contributed by atoms with van der Waals surface area (Å²) in [6, 6.07) is 7.98. The lowest BCUT2D eigenvalue weighted by Crippen LogP contribution is -2.30. The van der Waals surface area contributed by atoms with E-state index in [0.29, 0.717) is 16.7 Å². The summed E-state index contributed by atoms with van der Waals surface area (Å²) in [5, 5.41) is 19.1. The fourth-order valence-corrected chi connectivity index (χ4v) is 2.78. The third-order valence-electron chi connectivity index (χ3n) is 3.84. The van der Waals surface area contributed by atoms with Crippen LogP contribution in [0.4, 0.5) is 13.2 Å². The third-order valence-corrected chi connectivity index (χ3v) is 3.84. The molecular weight excluding hydrogens is 307 g/mol. The van der Waals surface area contributed by atoms with Gasteiger partial charge in [0.05, 0.1) is 22.8 Å². The summed E-state index contributed by atoms with van der Waals surface area (Å²) in [5.74, 6) is 0.0781. The van der Waals surface area contributed by atoms with E-state index in [1.807, 2.05) is 6.07 Å². The number of halogens is 3. The van der Waals surface area contributed by atoms with Gasteiger partial charge in [0.25, 0.3) is 0 Å². The maximum Gasteiger partial charge on any atom is 0.416 e. The van der Waals surface area contributed by atoms with Crippen molar-refractivity contribution < 1.29 is 23.0 Å². The summed E-state index contributed by atoms with van der Waals surface area (Å²) in [4.78, 5) is 0. The number of rotatable bonds is 0. The molecule has 0 aromatic heterocycles. The van der Waals surface area contributed by atoms with Gasteiger partial charge in [-0.2, -0.15) is 18.4 Å². The molecule has 1 aliphatic heterocycles. The summed E-state index contributed by atoms with van der Waals surface area (Å²) in [6.45, 7) is 3.29. The number of alkyl halides is 3. The summed E-state index contributed by atoms with van der Waals surface area (Å²) in [5.41, 5.74) is -0.487. The van der Waals surface area contributed by atoms with Gasteiger partial charge in [0.1, 0.15) is 17.1 Å². The van der Waals surface area contributed by atoms with E-state index in [1.165, 1.54) is 18.2 Å². The van der Waals surface area contributed by atoms with Crippen molar-refractivity contribution in [3.8, 4) is 28.7 Å². The fraction of sp³-hybridized carbons (Fsp3) is 0.235. The quantitative estimate of drug-likeness (QED) is 0.773. The molecule has 0 saturated carbocycles. The van der Waals surface area contributed by atoms with Crippen LogP contribution in [0, 0.1) is 11.3 Å². The van der Waals surface area contributed by atoms with Crippen molar-refractivity contribution >= 4 is 0 Å². The van der Waals surface area contributed by atoms with Gasteiger partial charge in [-0.1, -0.05) is 6.07 Å². The van der Waals surface area contributed by atoms with Crippen LogP contribution in [0.15, 0.2) is 30.3 Å². The molecule has 118 valence electrons. The van der Waals surface area contributed by atoms with E-state index in [2.05, 4.69) is 0 Å². The number of nitrogens with zero attached hydrogens (tertiary/aromatic N) is 1. The molecule has 0 saturated heterocycles. The van der Waals surface area contributed by atoms with E-state index >= 15 is 0 Å². The first-order chi connectivity index (χ1) is 10.6. The van der Waals surface area contributed by atoms with Gasteiger partial charge in [0.15, 0.2) is 0 Å². The van der Waals surface area contributed by atoms with Gasteiger partial charge >= 0.3 is 6.18 Å². The van der Waals surface area contributed by atoms with Crippen molar-refractivity contribution in [1.29, 1.82) is 5.26 Å². The molecule has 0 amide bonds. The van der Waals surface area contributed by atoms with E-state index in [-0.39, 0.29) is 17.1 Å². The van der Waals surface area contributed by atoms with Crippen LogP contribution in [0.1, 0.15) is 30.5 Å². The lowest BCUT2D eigenvalue weighted by Gasteiger charge is -2.35. The van der Waals surface area contributed by atoms with Crippen LogP contribution in [0.25, 0.3) is 11.1 Å². The molecule has 1 aliphatic rings. The Kier molecular flexibility index (Phi) is 3.08. The number of fused-ring (bicyclic) bond motifs is 3. The van der Waals surface area contributed by atoms with E-state index in [1.54, 1.807) is 13.8 Å². The Morgan fingerprint density at radius 1 is 1.17 bits per heavy atom. The zero-order chi connectivity index (χ0) is 17.0. The van der Waals surface area contributed by atoms with Crippen molar-refractivity contribution in [2.75, 3.05) is 0 Å². The number of hydrogen-bond acceptors (Lipinski definition) is 3. The Bertz CT molecular complexity index is 848. The molecule has 0 bridgehead atoms. The number of phenolic OH excluding ortho intramolecular Hbond substituents is 1. The lowest BCUT2D eigenvalue weighted by molar-refractivity contribution is -0.137. The summed E-state index contributed by atoms with van der Waals surface area (Å²) in [6.07, 6.45) is -4.46. The first kappa shape index (κ1) is 15.2. The highest BCUT2D eigenvalue weighted by Crippen LogP contribution is 2.50. The smallest absolute Gasteiger partial charge is 0.416 e. The van der Waals surface area contributed by atoms with Crippen LogP contribution < -0.4 is 4.74 Å². The standard InChI is InChI=1S/C17H12F3NO2/c1-16(2)12-7-10(17(18,19)20)3-4-11(12)15-13(22)5-9(8-21)6-14(15)23-16/h3-7,22H,1-2H3. The number of nitriles is 1.